The lowest BCUT2D eigenvalue weighted by Gasteiger charge is -2.18. The summed E-state index contributed by atoms with van der Waals surface area (Å²) in [6, 6.07) is 8.50. The molecule has 2 rings (SSSR count). The molecule has 0 aliphatic heterocycles. The van der Waals surface area contributed by atoms with E-state index in [1.54, 1.807) is 6.08 Å². The number of hydrogen-bond acceptors (Lipinski definition) is 3. The summed E-state index contributed by atoms with van der Waals surface area (Å²) in [6.45, 7) is 7.47. The molecule has 0 amide bonds. The van der Waals surface area contributed by atoms with E-state index in [9.17, 15) is 4.79 Å². The topological polar surface area (TPSA) is 32.7 Å². The third-order valence-electron chi connectivity index (χ3n) is 3.78. The van der Waals surface area contributed by atoms with Crippen molar-refractivity contribution >= 4 is 6.08 Å². The van der Waals surface area contributed by atoms with Crippen LogP contribution in [0.15, 0.2) is 29.3 Å². The van der Waals surface area contributed by atoms with E-state index >= 15 is 0 Å². The zero-order valence-electron chi connectivity index (χ0n) is 11.1. The SMILES string of the molecule is CCN(CC)Cc1ccc(C2(N=C=O)CC2)cc1. The van der Waals surface area contributed by atoms with Gasteiger partial charge in [0.2, 0.25) is 6.08 Å². The highest BCUT2D eigenvalue weighted by molar-refractivity contribution is 5.41. The molecule has 0 radical (unpaired) electrons. The van der Waals surface area contributed by atoms with Crippen LogP contribution in [0.4, 0.5) is 0 Å². The van der Waals surface area contributed by atoms with E-state index in [0.29, 0.717) is 0 Å². The van der Waals surface area contributed by atoms with Gasteiger partial charge in [-0.05, 0) is 37.1 Å². The molecular weight excluding hydrogens is 224 g/mol. The third kappa shape index (κ3) is 2.69. The minimum Gasteiger partial charge on any atom is -0.300 e. The van der Waals surface area contributed by atoms with Gasteiger partial charge in [-0.1, -0.05) is 38.1 Å². The number of benzene rings is 1. The summed E-state index contributed by atoms with van der Waals surface area (Å²) in [5, 5.41) is 0. The van der Waals surface area contributed by atoms with Crippen LogP contribution in [0.3, 0.4) is 0 Å². The van der Waals surface area contributed by atoms with Crippen LogP contribution in [0, 0.1) is 0 Å². The van der Waals surface area contributed by atoms with Crippen molar-refractivity contribution in [1.29, 1.82) is 0 Å². The molecule has 0 bridgehead atoms. The monoisotopic (exact) mass is 244 g/mol. The zero-order chi connectivity index (χ0) is 13.0. The Balaban J connectivity index is 2.08. The standard InChI is InChI=1S/C15H20N2O/c1-3-17(4-2)11-13-5-7-14(8-6-13)15(9-10-15)16-12-18/h5-8H,3-4,9-11H2,1-2H3. The average molecular weight is 244 g/mol. The average Bonchev–Trinajstić information content (AvgIpc) is 3.18. The summed E-state index contributed by atoms with van der Waals surface area (Å²) in [6.07, 6.45) is 3.64. The molecule has 1 aromatic carbocycles. The number of carbonyl (C=O) groups excluding carboxylic acids is 1. The fourth-order valence-electron chi connectivity index (χ4n) is 2.30. The highest BCUT2D eigenvalue weighted by Crippen LogP contribution is 2.49. The van der Waals surface area contributed by atoms with Crippen LogP contribution in [0.2, 0.25) is 0 Å². The number of hydrogen-bond donors (Lipinski definition) is 0. The van der Waals surface area contributed by atoms with Crippen LogP contribution in [0.1, 0.15) is 37.8 Å². The molecule has 0 unspecified atom stereocenters. The molecule has 3 nitrogen and oxygen atoms in total. The fourth-order valence-corrected chi connectivity index (χ4v) is 2.30. The van der Waals surface area contributed by atoms with Crippen molar-refractivity contribution in [2.24, 2.45) is 4.99 Å². The second kappa shape index (κ2) is 5.47. The largest absolute Gasteiger partial charge is 0.300 e. The molecule has 1 fully saturated rings. The van der Waals surface area contributed by atoms with Gasteiger partial charge in [0, 0.05) is 6.54 Å². The Labute approximate surface area is 109 Å². The summed E-state index contributed by atoms with van der Waals surface area (Å²) >= 11 is 0. The summed E-state index contributed by atoms with van der Waals surface area (Å²) < 4.78 is 0. The number of isocyanates is 1. The maximum absolute atomic E-state index is 10.4. The molecule has 0 atom stereocenters. The molecule has 3 heteroatoms. The van der Waals surface area contributed by atoms with Gasteiger partial charge >= 0.3 is 0 Å². The van der Waals surface area contributed by atoms with E-state index < -0.39 is 0 Å². The fraction of sp³-hybridized carbons (Fsp3) is 0.533. The summed E-state index contributed by atoms with van der Waals surface area (Å²) in [5.74, 6) is 0. The molecule has 18 heavy (non-hydrogen) atoms. The number of nitrogens with zero attached hydrogens (tertiary/aromatic N) is 2. The molecule has 1 aliphatic rings. The Morgan fingerprint density at radius 3 is 2.28 bits per heavy atom. The van der Waals surface area contributed by atoms with Gasteiger partial charge in [0.25, 0.3) is 0 Å². The van der Waals surface area contributed by atoms with Gasteiger partial charge in [-0.25, -0.2) is 4.79 Å². The smallest absolute Gasteiger partial charge is 0.235 e. The maximum atomic E-state index is 10.4. The molecule has 1 aromatic rings. The summed E-state index contributed by atoms with van der Waals surface area (Å²) in [5.41, 5.74) is 2.22. The van der Waals surface area contributed by atoms with Gasteiger partial charge in [-0.2, -0.15) is 4.99 Å². The quantitative estimate of drug-likeness (QED) is 0.569. The van der Waals surface area contributed by atoms with Crippen LogP contribution in [0.25, 0.3) is 0 Å². The molecule has 1 saturated carbocycles. The van der Waals surface area contributed by atoms with Gasteiger partial charge in [0.1, 0.15) is 0 Å². The third-order valence-corrected chi connectivity index (χ3v) is 3.78. The summed E-state index contributed by atoms with van der Waals surface area (Å²) in [7, 11) is 0. The van der Waals surface area contributed by atoms with Crippen LogP contribution in [0.5, 0.6) is 0 Å². The number of rotatable bonds is 6. The second-order valence-corrected chi connectivity index (χ2v) is 4.89. The molecule has 0 aromatic heterocycles. The lowest BCUT2D eigenvalue weighted by Crippen LogP contribution is -2.22. The van der Waals surface area contributed by atoms with Crippen LogP contribution in [-0.2, 0) is 16.9 Å². The van der Waals surface area contributed by atoms with Crippen molar-refractivity contribution in [3.8, 4) is 0 Å². The first kappa shape index (κ1) is 13.0. The van der Waals surface area contributed by atoms with E-state index in [1.807, 2.05) is 0 Å². The van der Waals surface area contributed by atoms with E-state index in [1.165, 1.54) is 5.56 Å². The van der Waals surface area contributed by atoms with Crippen molar-refractivity contribution in [3.05, 3.63) is 35.4 Å². The predicted molar refractivity (Wildman–Crippen MR) is 72.1 cm³/mol. The van der Waals surface area contributed by atoms with Crippen molar-refractivity contribution in [1.82, 2.24) is 4.90 Å². The minimum absolute atomic E-state index is 0.241. The van der Waals surface area contributed by atoms with Crippen molar-refractivity contribution in [2.45, 2.75) is 38.8 Å². The predicted octanol–water partition coefficient (Wildman–Crippen LogP) is 2.85. The molecule has 0 saturated heterocycles. The molecule has 96 valence electrons. The first-order valence-electron chi connectivity index (χ1n) is 6.65. The minimum atomic E-state index is -0.241. The lowest BCUT2D eigenvalue weighted by molar-refractivity contribution is 0.296. The molecule has 0 spiro atoms. The Kier molecular flexibility index (Phi) is 3.95. The first-order chi connectivity index (χ1) is 8.74. The van der Waals surface area contributed by atoms with E-state index in [4.69, 9.17) is 0 Å². The normalized spacial score (nSPS) is 16.4. The Hall–Kier alpha value is -1.44. The Morgan fingerprint density at radius 1 is 1.22 bits per heavy atom. The van der Waals surface area contributed by atoms with Crippen molar-refractivity contribution < 1.29 is 4.79 Å². The van der Waals surface area contributed by atoms with Crippen LogP contribution >= 0.6 is 0 Å². The van der Waals surface area contributed by atoms with Gasteiger partial charge in [-0.3, -0.25) is 4.90 Å². The van der Waals surface area contributed by atoms with Gasteiger partial charge < -0.3 is 0 Å². The Bertz CT molecular complexity index is 438. The molecule has 0 heterocycles. The van der Waals surface area contributed by atoms with Gasteiger partial charge in [-0.15, -0.1) is 0 Å². The Morgan fingerprint density at radius 2 is 1.83 bits per heavy atom. The second-order valence-electron chi connectivity index (χ2n) is 4.89. The summed E-state index contributed by atoms with van der Waals surface area (Å²) in [4.78, 5) is 16.8. The zero-order valence-corrected chi connectivity index (χ0v) is 11.1. The maximum Gasteiger partial charge on any atom is 0.235 e. The van der Waals surface area contributed by atoms with Crippen molar-refractivity contribution in [3.63, 3.8) is 0 Å². The van der Waals surface area contributed by atoms with E-state index in [0.717, 1.165) is 38.0 Å². The van der Waals surface area contributed by atoms with Gasteiger partial charge in [0.15, 0.2) is 0 Å². The molecule has 0 N–H and O–H groups in total. The van der Waals surface area contributed by atoms with E-state index in [-0.39, 0.29) is 5.54 Å². The van der Waals surface area contributed by atoms with E-state index in [2.05, 4.69) is 48.0 Å². The van der Waals surface area contributed by atoms with Crippen molar-refractivity contribution in [2.75, 3.05) is 13.1 Å². The molecule has 1 aliphatic carbocycles. The molecular formula is C15H20N2O. The first-order valence-corrected chi connectivity index (χ1v) is 6.65. The highest BCUT2D eigenvalue weighted by Gasteiger charge is 2.44. The highest BCUT2D eigenvalue weighted by atomic mass is 16.1. The lowest BCUT2D eigenvalue weighted by atomic mass is 10.0. The van der Waals surface area contributed by atoms with Crippen LogP contribution in [-0.4, -0.2) is 24.1 Å². The van der Waals surface area contributed by atoms with Crippen LogP contribution < -0.4 is 0 Å². The number of aliphatic imine (C=N–C) groups is 1. The van der Waals surface area contributed by atoms with Gasteiger partial charge in [0.05, 0.1) is 5.54 Å².